The van der Waals surface area contributed by atoms with Gasteiger partial charge >= 0.3 is 0 Å². The van der Waals surface area contributed by atoms with Gasteiger partial charge in [-0.15, -0.1) is 0 Å². The lowest BCUT2D eigenvalue weighted by Gasteiger charge is -2.11. The van der Waals surface area contributed by atoms with Gasteiger partial charge in [0.05, 0.1) is 0 Å². The molecule has 1 rings (SSSR count). The van der Waals surface area contributed by atoms with Crippen LogP contribution in [-0.4, -0.2) is 19.3 Å². The Bertz CT molecular complexity index is 300. The van der Waals surface area contributed by atoms with Crippen molar-refractivity contribution in [3.05, 3.63) is 35.6 Å². The zero-order valence-corrected chi connectivity index (χ0v) is 10.5. The van der Waals surface area contributed by atoms with Crippen LogP contribution in [0.1, 0.15) is 31.7 Å². The minimum atomic E-state index is -0.203. The Morgan fingerprint density at radius 3 is 2.59 bits per heavy atom. The van der Waals surface area contributed by atoms with Gasteiger partial charge in [0.25, 0.3) is 0 Å². The van der Waals surface area contributed by atoms with Crippen LogP contribution >= 0.6 is 0 Å². The van der Waals surface area contributed by atoms with Crippen molar-refractivity contribution in [3.63, 3.8) is 0 Å². The smallest absolute Gasteiger partial charge is 0.123 e. The van der Waals surface area contributed by atoms with E-state index in [2.05, 4.69) is 6.92 Å². The summed E-state index contributed by atoms with van der Waals surface area (Å²) in [6.45, 7) is 3.67. The van der Waals surface area contributed by atoms with E-state index in [1.54, 1.807) is 12.1 Å². The summed E-state index contributed by atoms with van der Waals surface area (Å²) in [5.74, 6) is -0.203. The first-order valence-corrected chi connectivity index (χ1v) is 6.30. The Kier molecular flexibility index (Phi) is 6.82. The van der Waals surface area contributed by atoms with Crippen molar-refractivity contribution >= 4 is 0 Å². The fraction of sp³-hybridized carbons (Fsp3) is 0.571. The fourth-order valence-electron chi connectivity index (χ4n) is 1.61. The Morgan fingerprint density at radius 1 is 1.24 bits per heavy atom. The SMILES string of the molecule is CCCCOCCC(N)Cc1ccc(F)cc1. The number of rotatable bonds is 8. The normalized spacial score (nSPS) is 12.6. The predicted octanol–water partition coefficient (Wildman–Crippen LogP) is 2.90. The standard InChI is InChI=1S/C14H22FNO/c1-2-3-9-17-10-8-14(16)11-12-4-6-13(15)7-5-12/h4-7,14H,2-3,8-11,16H2,1H3. The topological polar surface area (TPSA) is 35.2 Å². The summed E-state index contributed by atoms with van der Waals surface area (Å²) < 4.78 is 18.2. The van der Waals surface area contributed by atoms with E-state index in [0.29, 0.717) is 6.61 Å². The van der Waals surface area contributed by atoms with Crippen LogP contribution in [0.5, 0.6) is 0 Å². The first-order valence-electron chi connectivity index (χ1n) is 6.30. The first-order chi connectivity index (χ1) is 8.22. The van der Waals surface area contributed by atoms with Gasteiger partial charge in [0.2, 0.25) is 0 Å². The molecule has 0 aliphatic rings. The molecule has 2 nitrogen and oxygen atoms in total. The van der Waals surface area contributed by atoms with Crippen molar-refractivity contribution in [1.82, 2.24) is 0 Å². The van der Waals surface area contributed by atoms with Crippen LogP contribution in [0.4, 0.5) is 4.39 Å². The lowest BCUT2D eigenvalue weighted by molar-refractivity contribution is 0.124. The van der Waals surface area contributed by atoms with Crippen LogP contribution in [0.25, 0.3) is 0 Å². The maximum absolute atomic E-state index is 12.7. The molecule has 0 aliphatic carbocycles. The van der Waals surface area contributed by atoms with Crippen LogP contribution < -0.4 is 5.73 Å². The Morgan fingerprint density at radius 2 is 1.94 bits per heavy atom. The third kappa shape index (κ3) is 6.39. The van der Waals surface area contributed by atoms with Gasteiger partial charge in [-0.3, -0.25) is 0 Å². The monoisotopic (exact) mass is 239 g/mol. The second-order valence-corrected chi connectivity index (χ2v) is 4.35. The van der Waals surface area contributed by atoms with Gasteiger partial charge in [-0.1, -0.05) is 25.5 Å². The number of benzene rings is 1. The highest BCUT2D eigenvalue weighted by atomic mass is 19.1. The van der Waals surface area contributed by atoms with Crippen LogP contribution in [0, 0.1) is 5.82 Å². The van der Waals surface area contributed by atoms with Crippen molar-refractivity contribution in [2.45, 2.75) is 38.6 Å². The summed E-state index contributed by atoms with van der Waals surface area (Å²) in [7, 11) is 0. The van der Waals surface area contributed by atoms with Crippen LogP contribution in [0.3, 0.4) is 0 Å². The Balaban J connectivity index is 2.16. The molecule has 1 aromatic carbocycles. The van der Waals surface area contributed by atoms with E-state index in [4.69, 9.17) is 10.5 Å². The molecule has 0 radical (unpaired) electrons. The molecule has 0 amide bonds. The van der Waals surface area contributed by atoms with Gasteiger partial charge in [-0.25, -0.2) is 4.39 Å². The number of hydrogen-bond donors (Lipinski definition) is 1. The Hall–Kier alpha value is -0.930. The summed E-state index contributed by atoms with van der Waals surface area (Å²) in [6, 6.07) is 6.60. The summed E-state index contributed by atoms with van der Waals surface area (Å²) in [5.41, 5.74) is 7.06. The molecule has 0 bridgehead atoms. The third-order valence-corrected chi connectivity index (χ3v) is 2.69. The number of ether oxygens (including phenoxy) is 1. The Labute approximate surface area is 103 Å². The number of halogens is 1. The molecule has 17 heavy (non-hydrogen) atoms. The highest BCUT2D eigenvalue weighted by Gasteiger charge is 2.04. The maximum Gasteiger partial charge on any atom is 0.123 e. The predicted molar refractivity (Wildman–Crippen MR) is 68.4 cm³/mol. The molecule has 0 aliphatic heterocycles. The van der Waals surface area contributed by atoms with E-state index in [9.17, 15) is 4.39 Å². The van der Waals surface area contributed by atoms with Crippen LogP contribution in [-0.2, 0) is 11.2 Å². The van der Waals surface area contributed by atoms with E-state index in [1.807, 2.05) is 0 Å². The van der Waals surface area contributed by atoms with Crippen molar-refractivity contribution in [2.24, 2.45) is 5.73 Å². The van der Waals surface area contributed by atoms with E-state index in [-0.39, 0.29) is 11.9 Å². The van der Waals surface area contributed by atoms with Gasteiger partial charge in [-0.05, 0) is 37.0 Å². The number of nitrogens with two attached hydrogens (primary N) is 1. The minimum Gasteiger partial charge on any atom is -0.381 e. The maximum atomic E-state index is 12.7. The second-order valence-electron chi connectivity index (χ2n) is 4.35. The molecule has 2 N–H and O–H groups in total. The number of hydrogen-bond acceptors (Lipinski definition) is 2. The highest BCUT2D eigenvalue weighted by molar-refractivity contribution is 5.16. The summed E-state index contributed by atoms with van der Waals surface area (Å²) >= 11 is 0. The molecule has 96 valence electrons. The van der Waals surface area contributed by atoms with E-state index in [1.165, 1.54) is 12.1 Å². The molecule has 1 atom stereocenters. The third-order valence-electron chi connectivity index (χ3n) is 2.69. The van der Waals surface area contributed by atoms with Gasteiger partial charge in [0.15, 0.2) is 0 Å². The quantitative estimate of drug-likeness (QED) is 0.708. The van der Waals surface area contributed by atoms with E-state index >= 15 is 0 Å². The molecular formula is C14H22FNO. The number of unbranched alkanes of at least 4 members (excludes halogenated alkanes) is 1. The zero-order valence-electron chi connectivity index (χ0n) is 10.5. The van der Waals surface area contributed by atoms with Gasteiger partial charge in [-0.2, -0.15) is 0 Å². The molecule has 1 aromatic rings. The second kappa shape index (κ2) is 8.20. The molecule has 0 fully saturated rings. The van der Waals surface area contributed by atoms with Crippen molar-refractivity contribution < 1.29 is 9.13 Å². The molecule has 0 spiro atoms. The summed E-state index contributed by atoms with van der Waals surface area (Å²) in [6.07, 6.45) is 3.88. The largest absolute Gasteiger partial charge is 0.381 e. The van der Waals surface area contributed by atoms with Gasteiger partial charge in [0.1, 0.15) is 5.82 Å². The summed E-state index contributed by atoms with van der Waals surface area (Å²) in [4.78, 5) is 0. The minimum absolute atomic E-state index is 0.0853. The molecular weight excluding hydrogens is 217 g/mol. The first kappa shape index (κ1) is 14.1. The van der Waals surface area contributed by atoms with Crippen LogP contribution in [0.2, 0.25) is 0 Å². The molecule has 3 heteroatoms. The van der Waals surface area contributed by atoms with Crippen LogP contribution in [0.15, 0.2) is 24.3 Å². The zero-order chi connectivity index (χ0) is 12.5. The average molecular weight is 239 g/mol. The van der Waals surface area contributed by atoms with Gasteiger partial charge < -0.3 is 10.5 Å². The average Bonchev–Trinajstić information content (AvgIpc) is 2.32. The molecule has 0 heterocycles. The molecule has 0 aromatic heterocycles. The summed E-state index contributed by atoms with van der Waals surface area (Å²) in [5, 5.41) is 0. The fourth-order valence-corrected chi connectivity index (χ4v) is 1.61. The molecule has 1 unspecified atom stereocenters. The lowest BCUT2D eigenvalue weighted by Crippen LogP contribution is -2.24. The highest BCUT2D eigenvalue weighted by Crippen LogP contribution is 2.06. The van der Waals surface area contributed by atoms with E-state index in [0.717, 1.165) is 37.9 Å². The molecule has 0 saturated carbocycles. The van der Waals surface area contributed by atoms with Crippen molar-refractivity contribution in [3.8, 4) is 0 Å². The van der Waals surface area contributed by atoms with Crippen molar-refractivity contribution in [2.75, 3.05) is 13.2 Å². The van der Waals surface area contributed by atoms with E-state index < -0.39 is 0 Å². The lowest BCUT2D eigenvalue weighted by atomic mass is 10.0. The van der Waals surface area contributed by atoms with Gasteiger partial charge in [0, 0.05) is 19.3 Å². The van der Waals surface area contributed by atoms with Crippen molar-refractivity contribution in [1.29, 1.82) is 0 Å². The molecule has 0 saturated heterocycles.